The molecule has 0 spiro atoms. The minimum absolute atomic E-state index is 0.278. The predicted octanol–water partition coefficient (Wildman–Crippen LogP) is 4.68. The van der Waals surface area contributed by atoms with E-state index < -0.39 is 5.91 Å². The number of phenolic OH excluding ortho intramolecular Hbond substituents is 1. The van der Waals surface area contributed by atoms with Crippen LogP contribution in [-0.2, 0) is 13.0 Å². The largest absolute Gasteiger partial charge is 0.507 e. The molecule has 8 nitrogen and oxygen atoms in total. The summed E-state index contributed by atoms with van der Waals surface area (Å²) < 4.78 is 0. The van der Waals surface area contributed by atoms with Crippen molar-refractivity contribution in [3.8, 4) is 5.75 Å². The molecule has 1 amide bonds. The zero-order chi connectivity index (χ0) is 24.2. The number of carbonyl (C=O) groups is 1. The topological polar surface area (TPSA) is 119 Å². The molecule has 0 bridgehead atoms. The Hall–Kier alpha value is -3.68. The van der Waals surface area contributed by atoms with Gasteiger partial charge in [-0.2, -0.15) is 5.10 Å². The lowest BCUT2D eigenvalue weighted by Crippen LogP contribution is -2.32. The maximum Gasteiger partial charge on any atom is 0.256 e. The molecule has 1 saturated heterocycles. The number of hydrogen-bond acceptors (Lipinski definition) is 6. The zero-order valence-corrected chi connectivity index (χ0v) is 20.1. The molecule has 8 heteroatoms. The fraction of sp³-hybridized carbons (Fsp3) is 0.385. The van der Waals surface area contributed by atoms with Gasteiger partial charge >= 0.3 is 0 Å². The third-order valence-corrected chi connectivity index (χ3v) is 6.58. The van der Waals surface area contributed by atoms with Gasteiger partial charge in [0.25, 0.3) is 5.91 Å². The first kappa shape index (κ1) is 23.5. The lowest BCUT2D eigenvalue weighted by Gasteiger charge is -2.32. The summed E-state index contributed by atoms with van der Waals surface area (Å²) in [4.78, 5) is 14.6. The maximum atomic E-state index is 12.2. The molecule has 0 atom stereocenters. The Bertz CT molecular complexity index is 1150. The number of nitrogens with one attached hydrogen (secondary N) is 3. The third-order valence-electron chi connectivity index (χ3n) is 6.58. The molecule has 1 aliphatic rings. The summed E-state index contributed by atoms with van der Waals surface area (Å²) >= 11 is 0. The first-order valence-electron chi connectivity index (χ1n) is 11.9. The van der Waals surface area contributed by atoms with Crippen LogP contribution < -0.4 is 21.3 Å². The highest BCUT2D eigenvalue weighted by molar-refractivity contribution is 6.03. The third kappa shape index (κ3) is 5.11. The minimum atomic E-state index is -0.575. The summed E-state index contributed by atoms with van der Waals surface area (Å²) in [6, 6.07) is 12.0. The lowest BCUT2D eigenvalue weighted by molar-refractivity contribution is 0.100. The number of amides is 1. The van der Waals surface area contributed by atoms with E-state index in [-0.39, 0.29) is 5.56 Å². The number of rotatable bonds is 8. The molecule has 3 aromatic rings. The van der Waals surface area contributed by atoms with Crippen LogP contribution in [0.15, 0.2) is 36.4 Å². The van der Waals surface area contributed by atoms with Crippen LogP contribution in [0.3, 0.4) is 0 Å². The first-order chi connectivity index (χ1) is 16.4. The van der Waals surface area contributed by atoms with E-state index in [1.165, 1.54) is 18.5 Å². The monoisotopic (exact) mass is 462 g/mol. The van der Waals surface area contributed by atoms with Gasteiger partial charge in [-0.1, -0.05) is 26.0 Å². The Morgan fingerprint density at radius 2 is 1.94 bits per heavy atom. The highest BCUT2D eigenvalue weighted by Crippen LogP contribution is 2.29. The number of phenols is 1. The summed E-state index contributed by atoms with van der Waals surface area (Å²) in [5.41, 5.74) is 10.7. The number of aryl methyl sites for hydroxylation is 2. The minimum Gasteiger partial charge on any atom is -0.507 e. The van der Waals surface area contributed by atoms with Gasteiger partial charge in [-0.25, -0.2) is 0 Å². The van der Waals surface area contributed by atoms with Gasteiger partial charge in [-0.05, 0) is 73.1 Å². The van der Waals surface area contributed by atoms with Crippen molar-refractivity contribution >= 4 is 28.9 Å². The average molecular weight is 463 g/mol. The number of benzene rings is 2. The molecule has 2 aromatic carbocycles. The highest BCUT2D eigenvalue weighted by Gasteiger charge is 2.20. The van der Waals surface area contributed by atoms with E-state index in [2.05, 4.69) is 44.8 Å². The molecule has 0 aliphatic carbocycles. The lowest BCUT2D eigenvalue weighted by atomic mass is 9.99. The van der Waals surface area contributed by atoms with E-state index in [0.717, 1.165) is 47.8 Å². The Labute approximate surface area is 200 Å². The Kier molecular flexibility index (Phi) is 6.95. The molecule has 34 heavy (non-hydrogen) atoms. The fourth-order valence-corrected chi connectivity index (χ4v) is 4.45. The normalized spacial score (nSPS) is 14.3. The Morgan fingerprint density at radius 3 is 2.59 bits per heavy atom. The van der Waals surface area contributed by atoms with E-state index in [1.807, 2.05) is 38.1 Å². The van der Waals surface area contributed by atoms with Crippen molar-refractivity contribution in [3.63, 3.8) is 0 Å². The van der Waals surface area contributed by atoms with Gasteiger partial charge in [0.1, 0.15) is 17.1 Å². The second kappa shape index (κ2) is 10.1. The molecule has 180 valence electrons. The number of H-pyrrole nitrogens is 1. The number of carbonyl (C=O) groups excluding carboxylic acids is 1. The predicted molar refractivity (Wildman–Crippen MR) is 137 cm³/mol. The van der Waals surface area contributed by atoms with Crippen molar-refractivity contribution in [1.29, 1.82) is 0 Å². The van der Waals surface area contributed by atoms with Crippen molar-refractivity contribution in [2.24, 2.45) is 11.7 Å². The van der Waals surface area contributed by atoms with E-state index in [0.29, 0.717) is 23.9 Å². The summed E-state index contributed by atoms with van der Waals surface area (Å²) in [5.74, 6) is 1.38. The standard InChI is InChI=1S/C26H34N6O2/c1-4-19-14-18(13-17(3)23(19)33)15-28-25-22(24(27)34)26(31-30-25)29-20-5-7-21(8-6-20)32-11-9-16(2)10-12-32/h5-8,13-14,16,33H,4,9-12,15H2,1-3H3,(H2,27,34)(H3,28,29,30,31). The Morgan fingerprint density at radius 1 is 1.24 bits per heavy atom. The zero-order valence-electron chi connectivity index (χ0n) is 20.1. The highest BCUT2D eigenvalue weighted by atomic mass is 16.3. The molecule has 1 fully saturated rings. The van der Waals surface area contributed by atoms with Crippen molar-refractivity contribution in [2.75, 3.05) is 28.6 Å². The van der Waals surface area contributed by atoms with Crippen LogP contribution >= 0.6 is 0 Å². The molecule has 2 heterocycles. The number of nitrogens with zero attached hydrogens (tertiary/aromatic N) is 2. The van der Waals surface area contributed by atoms with E-state index in [4.69, 9.17) is 5.73 Å². The SMILES string of the molecule is CCc1cc(CNc2[nH]nc(Nc3ccc(N4CCC(C)CC4)cc3)c2C(N)=O)cc(C)c1O. The second-order valence-electron chi connectivity index (χ2n) is 9.16. The van der Waals surface area contributed by atoms with Gasteiger partial charge < -0.3 is 26.4 Å². The van der Waals surface area contributed by atoms with E-state index in [9.17, 15) is 9.90 Å². The van der Waals surface area contributed by atoms with Crippen molar-refractivity contribution < 1.29 is 9.90 Å². The van der Waals surface area contributed by atoms with Crippen LogP contribution in [0.25, 0.3) is 0 Å². The molecule has 1 aromatic heterocycles. The molecular formula is C26H34N6O2. The summed E-state index contributed by atoms with van der Waals surface area (Å²) in [6.07, 6.45) is 3.17. The van der Waals surface area contributed by atoms with Crippen LogP contribution in [0.4, 0.5) is 23.0 Å². The van der Waals surface area contributed by atoms with Gasteiger partial charge in [0.05, 0.1) is 0 Å². The number of primary amides is 1. The van der Waals surface area contributed by atoms with Gasteiger partial charge in [0, 0.05) is 31.0 Å². The summed E-state index contributed by atoms with van der Waals surface area (Å²) in [6.45, 7) is 8.80. The molecule has 0 saturated carbocycles. The van der Waals surface area contributed by atoms with Crippen molar-refractivity contribution in [2.45, 2.75) is 46.6 Å². The quantitative estimate of drug-likeness (QED) is 0.332. The van der Waals surface area contributed by atoms with Crippen LogP contribution in [0.1, 0.15) is 53.7 Å². The summed E-state index contributed by atoms with van der Waals surface area (Å²) in [5, 5.41) is 23.8. The molecule has 0 radical (unpaired) electrons. The van der Waals surface area contributed by atoms with Crippen LogP contribution in [0.2, 0.25) is 0 Å². The number of nitrogens with two attached hydrogens (primary N) is 1. The molecule has 4 rings (SSSR count). The van der Waals surface area contributed by atoms with Gasteiger partial charge in [0.2, 0.25) is 0 Å². The van der Waals surface area contributed by atoms with Crippen LogP contribution in [0, 0.1) is 12.8 Å². The molecular weight excluding hydrogens is 428 g/mol. The van der Waals surface area contributed by atoms with Gasteiger partial charge in [-0.15, -0.1) is 0 Å². The van der Waals surface area contributed by atoms with Gasteiger partial charge in [-0.3, -0.25) is 9.89 Å². The average Bonchev–Trinajstić information content (AvgIpc) is 3.23. The first-order valence-corrected chi connectivity index (χ1v) is 11.9. The van der Waals surface area contributed by atoms with Crippen molar-refractivity contribution in [1.82, 2.24) is 10.2 Å². The number of piperidine rings is 1. The van der Waals surface area contributed by atoms with E-state index in [1.54, 1.807) is 0 Å². The molecule has 0 unspecified atom stereocenters. The van der Waals surface area contributed by atoms with E-state index >= 15 is 0 Å². The fourth-order valence-electron chi connectivity index (χ4n) is 4.45. The maximum absolute atomic E-state index is 12.2. The Balaban J connectivity index is 1.46. The van der Waals surface area contributed by atoms with Crippen LogP contribution in [-0.4, -0.2) is 34.3 Å². The smallest absolute Gasteiger partial charge is 0.256 e. The number of hydrogen-bond donors (Lipinski definition) is 5. The number of aromatic amines is 1. The number of aromatic hydroxyl groups is 1. The van der Waals surface area contributed by atoms with Gasteiger partial charge in [0.15, 0.2) is 5.82 Å². The summed E-state index contributed by atoms with van der Waals surface area (Å²) in [7, 11) is 0. The number of anilines is 4. The second-order valence-corrected chi connectivity index (χ2v) is 9.16. The molecule has 1 aliphatic heterocycles. The molecule has 6 N–H and O–H groups in total. The van der Waals surface area contributed by atoms with Crippen molar-refractivity contribution in [3.05, 3.63) is 58.7 Å². The van der Waals surface area contributed by atoms with Crippen LogP contribution in [0.5, 0.6) is 5.75 Å². The number of aromatic nitrogens is 2.